The van der Waals surface area contributed by atoms with Crippen LogP contribution in [0.5, 0.6) is 17.4 Å². The number of benzene rings is 2. The second kappa shape index (κ2) is 13.7. The second-order valence-corrected chi connectivity index (χ2v) is 12.9. The summed E-state index contributed by atoms with van der Waals surface area (Å²) in [4.78, 5) is 4.61. The van der Waals surface area contributed by atoms with Crippen LogP contribution >= 0.6 is 10.7 Å². The molecule has 1 N–H and O–H groups in total. The Bertz CT molecular complexity index is 1780. The fourth-order valence-electron chi connectivity index (χ4n) is 4.39. The highest BCUT2D eigenvalue weighted by atomic mass is 32.2. The molecule has 0 saturated carbocycles. The second-order valence-electron chi connectivity index (χ2n) is 9.05. The summed E-state index contributed by atoms with van der Waals surface area (Å²) in [6.45, 7) is 1.88. The fraction of sp³-hybridized carbons (Fsp3) is 0.276. The van der Waals surface area contributed by atoms with Gasteiger partial charge in [-0.3, -0.25) is 4.57 Å². The van der Waals surface area contributed by atoms with Gasteiger partial charge in [-0.25, -0.2) is 13.4 Å². The summed E-state index contributed by atoms with van der Waals surface area (Å²) in [7, 11) is 1.81. The molecule has 0 bridgehead atoms. The summed E-state index contributed by atoms with van der Waals surface area (Å²) in [6, 6.07) is 17.3. The lowest BCUT2D eigenvalue weighted by Crippen LogP contribution is -2.15. The molecular weight excluding hydrogens is 592 g/mol. The van der Waals surface area contributed by atoms with Gasteiger partial charge in [0.2, 0.25) is 11.8 Å². The summed E-state index contributed by atoms with van der Waals surface area (Å²) in [5, 5.41) is 20.2. The first-order valence-electron chi connectivity index (χ1n) is 12.9. The van der Waals surface area contributed by atoms with Crippen molar-refractivity contribution in [2.75, 3.05) is 45.2 Å². The van der Waals surface area contributed by atoms with Crippen LogP contribution in [0.1, 0.15) is 24.2 Å². The zero-order chi connectivity index (χ0) is 31.1. The molecule has 12 nitrogen and oxygen atoms in total. The molecule has 43 heavy (non-hydrogen) atoms. The Morgan fingerprint density at radius 2 is 1.72 bits per heavy atom. The molecule has 226 valence electrons. The highest BCUT2D eigenvalue weighted by molar-refractivity contribution is 8.16. The monoisotopic (exact) mass is 624 g/mol. The van der Waals surface area contributed by atoms with Gasteiger partial charge in [0.25, 0.3) is 0 Å². The van der Waals surface area contributed by atoms with E-state index in [1.807, 2.05) is 24.4 Å². The zero-order valence-corrected chi connectivity index (χ0v) is 26.2. The van der Waals surface area contributed by atoms with Crippen molar-refractivity contribution in [2.45, 2.75) is 17.9 Å². The Hall–Kier alpha value is -4.45. The lowest BCUT2D eigenvalue weighted by atomic mass is 10.1. The number of anilines is 1. The van der Waals surface area contributed by atoms with E-state index >= 15 is 0 Å². The third kappa shape index (κ3) is 6.80. The summed E-state index contributed by atoms with van der Waals surface area (Å²) in [5.74, 6) is 2.54. The number of nitrogens with one attached hydrogen (secondary N) is 1. The number of para-hydroxylation sites is 1. The zero-order valence-electron chi connectivity index (χ0n) is 24.6. The first kappa shape index (κ1) is 31.5. The van der Waals surface area contributed by atoms with Gasteiger partial charge < -0.3 is 23.7 Å². The Labute approximate surface area is 253 Å². The number of rotatable bonds is 12. The van der Waals surface area contributed by atoms with E-state index in [2.05, 4.69) is 19.9 Å². The van der Waals surface area contributed by atoms with Crippen LogP contribution in [-0.2, 0) is 14.6 Å². The normalized spacial score (nSPS) is 12.8. The minimum atomic E-state index is -3.64. The van der Waals surface area contributed by atoms with Crippen molar-refractivity contribution in [2.24, 2.45) is 0 Å². The Balaban J connectivity index is 1.82. The molecular formula is C29H32N6O6S2. The molecule has 0 fully saturated rings. The minimum absolute atomic E-state index is 0.0476. The molecule has 2 aromatic heterocycles. The average Bonchev–Trinajstić information content (AvgIpc) is 3.44. The van der Waals surface area contributed by atoms with Gasteiger partial charge in [-0.1, -0.05) is 28.9 Å². The third-order valence-electron chi connectivity index (χ3n) is 6.46. The molecule has 0 aliphatic heterocycles. The highest BCUT2D eigenvalue weighted by Gasteiger charge is 2.26. The van der Waals surface area contributed by atoms with Crippen molar-refractivity contribution in [1.29, 1.82) is 5.26 Å². The van der Waals surface area contributed by atoms with Crippen molar-refractivity contribution < 1.29 is 27.4 Å². The van der Waals surface area contributed by atoms with Crippen molar-refractivity contribution in [1.82, 2.24) is 19.7 Å². The number of methoxy groups -OCH3 is 4. The summed E-state index contributed by atoms with van der Waals surface area (Å²) >= 11 is 0. The van der Waals surface area contributed by atoms with Crippen LogP contribution in [-0.4, -0.2) is 74.0 Å². The van der Waals surface area contributed by atoms with E-state index in [1.165, 1.54) is 20.3 Å². The van der Waals surface area contributed by atoms with Gasteiger partial charge in [0.15, 0.2) is 15.7 Å². The Kier molecular flexibility index (Phi) is 10.0. The van der Waals surface area contributed by atoms with Crippen LogP contribution in [0.3, 0.4) is 0 Å². The lowest BCUT2D eigenvalue weighted by Gasteiger charge is -2.22. The van der Waals surface area contributed by atoms with Crippen LogP contribution < -0.4 is 18.9 Å². The average molecular weight is 625 g/mol. The first-order chi connectivity index (χ1) is 20.7. The van der Waals surface area contributed by atoms with Gasteiger partial charge >= 0.3 is 0 Å². The van der Waals surface area contributed by atoms with Crippen LogP contribution in [0.25, 0.3) is 17.2 Å². The number of nitriles is 1. The molecule has 1 unspecified atom stereocenters. The van der Waals surface area contributed by atoms with E-state index in [0.717, 1.165) is 6.26 Å². The number of ether oxygens (including phenoxy) is 4. The van der Waals surface area contributed by atoms with E-state index < -0.39 is 26.6 Å². The molecule has 0 saturated heterocycles. The molecule has 0 spiro atoms. The number of sulfone groups is 1. The van der Waals surface area contributed by atoms with Gasteiger partial charge in [-0.2, -0.15) is 5.26 Å². The molecule has 2 atom stereocenters. The summed E-state index contributed by atoms with van der Waals surface area (Å²) in [6.07, 6.45) is 0.488. The molecule has 4 rings (SSSR count). The van der Waals surface area contributed by atoms with Crippen molar-refractivity contribution in [3.63, 3.8) is 0 Å². The minimum Gasteiger partial charge on any atom is -0.494 e. The van der Waals surface area contributed by atoms with Gasteiger partial charge in [0.05, 0.1) is 44.0 Å². The highest BCUT2D eigenvalue weighted by Crippen LogP contribution is 2.39. The number of aromatic nitrogens is 4. The molecule has 0 aliphatic carbocycles. The van der Waals surface area contributed by atoms with E-state index in [-0.39, 0.29) is 10.5 Å². The van der Waals surface area contributed by atoms with Gasteiger partial charge in [-0.15, -0.1) is 10.2 Å². The standard InChI is InChI=1S/C29H32N6O6S2/c1-7-42(18-24(40-4)20-15-14-19(17-30)16-25(20)43(6,36)37)34-29-33-32-28(21-10-8-13-26(31-21)41-5)35(29)27-22(38-2)11-9-12-23(27)39-3/h7-16,24H,18H2,1-6H3,(H,33,34)/t24-,42?/m1/s1. The summed E-state index contributed by atoms with van der Waals surface area (Å²) in [5.41, 5.74) is 1.75. The molecule has 4 aromatic rings. The van der Waals surface area contributed by atoms with E-state index in [1.54, 1.807) is 61.3 Å². The Morgan fingerprint density at radius 3 is 2.30 bits per heavy atom. The smallest absolute Gasteiger partial charge is 0.239 e. The first-order valence-corrected chi connectivity index (χ1v) is 16.2. The van der Waals surface area contributed by atoms with Crippen LogP contribution in [0.2, 0.25) is 0 Å². The van der Waals surface area contributed by atoms with Gasteiger partial charge in [0, 0.05) is 30.7 Å². The molecule has 14 heteroatoms. The third-order valence-corrected chi connectivity index (χ3v) is 9.29. The molecule has 0 aliphatic rings. The molecule has 0 radical (unpaired) electrons. The number of nitrogens with zero attached hydrogens (tertiary/aromatic N) is 5. The van der Waals surface area contributed by atoms with Crippen molar-refractivity contribution in [3.8, 4) is 40.7 Å². The topological polar surface area (TPSA) is 150 Å². The molecule has 2 aromatic carbocycles. The maximum absolute atomic E-state index is 12.6. The molecule has 2 heterocycles. The Morgan fingerprint density at radius 1 is 1.02 bits per heavy atom. The maximum Gasteiger partial charge on any atom is 0.239 e. The lowest BCUT2D eigenvalue weighted by molar-refractivity contribution is 0.121. The van der Waals surface area contributed by atoms with Crippen LogP contribution in [0.4, 0.5) is 5.95 Å². The molecule has 0 amide bonds. The van der Waals surface area contributed by atoms with Crippen molar-refractivity contribution in [3.05, 3.63) is 65.7 Å². The van der Waals surface area contributed by atoms with Gasteiger partial charge in [-0.05, 0) is 42.6 Å². The van der Waals surface area contributed by atoms with E-state index in [4.69, 9.17) is 18.9 Å². The van der Waals surface area contributed by atoms with E-state index in [0.29, 0.717) is 51.8 Å². The quantitative estimate of drug-likeness (QED) is 0.223. The SMILES string of the molecule is C/C=S(/C[C@@H](OC)c1ccc(C#N)cc1S(C)(=O)=O)Nc1nnc(-c2cccc(OC)n2)n1-c1c(OC)cccc1OC. The van der Waals surface area contributed by atoms with Gasteiger partial charge in [0.1, 0.15) is 22.9 Å². The summed E-state index contributed by atoms with van der Waals surface area (Å²) < 4.78 is 53.0. The fourth-order valence-corrected chi connectivity index (χ4v) is 6.76. The van der Waals surface area contributed by atoms with E-state index in [9.17, 15) is 13.7 Å². The number of hydrogen-bond donors (Lipinski definition) is 1. The number of hydrogen-bond acceptors (Lipinski definition) is 11. The maximum atomic E-state index is 12.6. The largest absolute Gasteiger partial charge is 0.494 e. The number of pyridine rings is 1. The predicted octanol–water partition coefficient (Wildman–Crippen LogP) is 4.44. The van der Waals surface area contributed by atoms with Crippen molar-refractivity contribution >= 4 is 31.8 Å². The van der Waals surface area contributed by atoms with Crippen LogP contribution in [0.15, 0.2) is 59.5 Å². The van der Waals surface area contributed by atoms with Crippen LogP contribution in [0, 0.1) is 11.3 Å². The predicted molar refractivity (Wildman–Crippen MR) is 166 cm³/mol.